The Morgan fingerprint density at radius 1 is 1.32 bits per heavy atom. The number of nitrogens with one attached hydrogen (secondary N) is 1. The summed E-state index contributed by atoms with van der Waals surface area (Å²) in [5, 5.41) is 0.956. The van der Waals surface area contributed by atoms with Crippen molar-refractivity contribution in [1.29, 1.82) is 0 Å². The van der Waals surface area contributed by atoms with Crippen LogP contribution in [-0.2, 0) is 14.2 Å². The molecule has 25 heavy (non-hydrogen) atoms. The van der Waals surface area contributed by atoms with Crippen LogP contribution in [0.25, 0.3) is 10.9 Å². The van der Waals surface area contributed by atoms with Crippen molar-refractivity contribution in [2.75, 3.05) is 26.4 Å². The third kappa shape index (κ3) is 4.32. The zero-order valence-corrected chi connectivity index (χ0v) is 14.8. The second kappa shape index (κ2) is 8.36. The predicted octanol–water partition coefficient (Wildman–Crippen LogP) is 3.58. The Balaban J connectivity index is 1.64. The van der Waals surface area contributed by atoms with Crippen molar-refractivity contribution in [3.05, 3.63) is 29.5 Å². The van der Waals surface area contributed by atoms with Gasteiger partial charge in [-0.2, -0.15) is 0 Å². The Hall–Kier alpha value is -2.05. The Labute approximate surface area is 147 Å². The summed E-state index contributed by atoms with van der Waals surface area (Å²) in [6, 6.07) is 5.69. The fourth-order valence-corrected chi connectivity index (χ4v) is 2.95. The number of hydrogen-bond donors (Lipinski definition) is 1. The van der Waals surface area contributed by atoms with E-state index in [0.29, 0.717) is 31.3 Å². The topological polar surface area (TPSA) is 69.8 Å². The molecule has 6 heteroatoms. The van der Waals surface area contributed by atoms with Gasteiger partial charge in [-0.25, -0.2) is 4.79 Å². The molecule has 0 radical (unpaired) electrons. The smallest absolute Gasteiger partial charge is 0.354 e. The number of fused-ring (bicyclic) bond motifs is 1. The van der Waals surface area contributed by atoms with Gasteiger partial charge in [0.25, 0.3) is 0 Å². The summed E-state index contributed by atoms with van der Waals surface area (Å²) in [6.07, 6.45) is 3.07. The summed E-state index contributed by atoms with van der Waals surface area (Å²) in [7, 11) is 0. The maximum Gasteiger partial charge on any atom is 0.354 e. The third-order valence-corrected chi connectivity index (χ3v) is 4.25. The molecule has 0 saturated carbocycles. The largest absolute Gasteiger partial charge is 0.489 e. The zero-order chi connectivity index (χ0) is 17.6. The van der Waals surface area contributed by atoms with Crippen LogP contribution >= 0.6 is 0 Å². The van der Waals surface area contributed by atoms with Crippen molar-refractivity contribution in [3.8, 4) is 5.75 Å². The van der Waals surface area contributed by atoms with E-state index in [2.05, 4.69) is 4.98 Å². The number of hydrogen-bond acceptors (Lipinski definition) is 5. The normalized spacial score (nSPS) is 17.6. The van der Waals surface area contributed by atoms with Gasteiger partial charge in [0, 0.05) is 12.0 Å². The Bertz CT molecular complexity index is 718. The maximum atomic E-state index is 11.9. The van der Waals surface area contributed by atoms with Crippen LogP contribution in [0.4, 0.5) is 0 Å². The minimum atomic E-state index is -0.359. The Kier molecular flexibility index (Phi) is 5.94. The summed E-state index contributed by atoms with van der Waals surface area (Å²) in [5.74, 6) is 0.339. The highest BCUT2D eigenvalue weighted by Gasteiger charge is 2.16. The van der Waals surface area contributed by atoms with Crippen molar-refractivity contribution >= 4 is 16.9 Å². The fraction of sp³-hybridized carbons (Fsp3) is 0.526. The van der Waals surface area contributed by atoms with E-state index >= 15 is 0 Å². The average molecular weight is 347 g/mol. The number of benzene rings is 1. The molecule has 0 amide bonds. The molecule has 1 aliphatic rings. The molecule has 136 valence electrons. The van der Waals surface area contributed by atoms with Gasteiger partial charge in [0.1, 0.15) is 18.1 Å². The van der Waals surface area contributed by atoms with Crippen LogP contribution < -0.4 is 4.74 Å². The van der Waals surface area contributed by atoms with Gasteiger partial charge in [-0.1, -0.05) is 6.07 Å². The van der Waals surface area contributed by atoms with Crippen LogP contribution in [0.2, 0.25) is 0 Å². The van der Waals surface area contributed by atoms with Crippen LogP contribution in [-0.4, -0.2) is 43.7 Å². The van der Waals surface area contributed by atoms with Gasteiger partial charge >= 0.3 is 5.97 Å². The van der Waals surface area contributed by atoms with Crippen LogP contribution in [0.15, 0.2) is 18.2 Å². The Morgan fingerprint density at radius 2 is 2.20 bits per heavy atom. The number of H-pyrrole nitrogens is 1. The lowest BCUT2D eigenvalue weighted by Crippen LogP contribution is -2.24. The number of carbonyl (C=O) groups is 1. The van der Waals surface area contributed by atoms with E-state index < -0.39 is 0 Å². The number of rotatable bonds is 7. The lowest BCUT2D eigenvalue weighted by atomic mass is 10.1. The fourth-order valence-electron chi connectivity index (χ4n) is 2.95. The molecule has 1 atom stereocenters. The first kappa shape index (κ1) is 17.8. The van der Waals surface area contributed by atoms with Crippen molar-refractivity contribution in [3.63, 3.8) is 0 Å². The molecule has 6 nitrogen and oxygen atoms in total. The number of carbonyl (C=O) groups excluding carboxylic acids is 1. The monoisotopic (exact) mass is 347 g/mol. The lowest BCUT2D eigenvalue weighted by Gasteiger charge is -2.22. The number of aromatic nitrogens is 1. The number of ether oxygens (including phenoxy) is 4. The van der Waals surface area contributed by atoms with E-state index in [-0.39, 0.29) is 12.3 Å². The van der Waals surface area contributed by atoms with Crippen LogP contribution in [0.5, 0.6) is 5.75 Å². The predicted molar refractivity (Wildman–Crippen MR) is 94.0 cm³/mol. The number of aromatic amines is 1. The highest BCUT2D eigenvalue weighted by atomic mass is 16.7. The molecular formula is C19H25NO5. The van der Waals surface area contributed by atoms with Gasteiger partial charge < -0.3 is 23.9 Å². The standard InChI is InChI=1S/C19H25NO5/c1-3-22-19(21)15-12-14-13(2)7-8-16(18(14)20-15)23-10-11-25-17-6-4-5-9-24-17/h7-8,12,17,20H,3-6,9-11H2,1-2H3. The second-order valence-corrected chi connectivity index (χ2v) is 6.09. The minimum Gasteiger partial charge on any atom is -0.489 e. The van der Waals surface area contributed by atoms with Gasteiger partial charge in [-0.05, 0) is 50.8 Å². The van der Waals surface area contributed by atoms with Gasteiger partial charge in [0.05, 0.1) is 18.7 Å². The summed E-state index contributed by atoms with van der Waals surface area (Å²) >= 11 is 0. The van der Waals surface area contributed by atoms with E-state index in [1.807, 2.05) is 25.1 Å². The molecule has 1 aromatic carbocycles. The number of esters is 1. The van der Waals surface area contributed by atoms with E-state index in [0.717, 1.165) is 42.3 Å². The SMILES string of the molecule is CCOC(=O)c1cc2c(C)ccc(OCCOC3CCCCO3)c2[nH]1. The van der Waals surface area contributed by atoms with E-state index in [1.165, 1.54) is 0 Å². The molecule has 0 spiro atoms. The molecular weight excluding hydrogens is 322 g/mol. The second-order valence-electron chi connectivity index (χ2n) is 6.09. The van der Waals surface area contributed by atoms with Crippen LogP contribution in [0, 0.1) is 6.92 Å². The van der Waals surface area contributed by atoms with E-state index in [4.69, 9.17) is 18.9 Å². The van der Waals surface area contributed by atoms with Crippen molar-refractivity contribution in [2.24, 2.45) is 0 Å². The molecule has 1 unspecified atom stereocenters. The highest BCUT2D eigenvalue weighted by Crippen LogP contribution is 2.29. The summed E-state index contributed by atoms with van der Waals surface area (Å²) < 4.78 is 22.1. The Morgan fingerprint density at radius 3 is 2.96 bits per heavy atom. The number of aryl methyl sites for hydroxylation is 1. The van der Waals surface area contributed by atoms with Gasteiger partial charge in [0.15, 0.2) is 6.29 Å². The molecule has 2 aromatic rings. The average Bonchev–Trinajstić information content (AvgIpc) is 3.08. The van der Waals surface area contributed by atoms with E-state index in [9.17, 15) is 4.79 Å². The summed E-state index contributed by atoms with van der Waals surface area (Å²) in [6.45, 7) is 5.78. The molecule has 1 fully saturated rings. The zero-order valence-electron chi connectivity index (χ0n) is 14.8. The molecule has 0 aliphatic carbocycles. The molecule has 0 bridgehead atoms. The van der Waals surface area contributed by atoms with E-state index in [1.54, 1.807) is 6.92 Å². The molecule has 1 saturated heterocycles. The van der Waals surface area contributed by atoms with Crippen LogP contribution in [0.3, 0.4) is 0 Å². The van der Waals surface area contributed by atoms with Gasteiger partial charge in [-0.15, -0.1) is 0 Å². The highest BCUT2D eigenvalue weighted by molar-refractivity contribution is 5.98. The molecule has 1 N–H and O–H groups in total. The summed E-state index contributed by atoms with van der Waals surface area (Å²) in [4.78, 5) is 15.1. The summed E-state index contributed by atoms with van der Waals surface area (Å²) in [5.41, 5.74) is 2.31. The first-order valence-corrected chi connectivity index (χ1v) is 8.84. The first-order valence-electron chi connectivity index (χ1n) is 8.84. The van der Waals surface area contributed by atoms with Gasteiger partial charge in [-0.3, -0.25) is 0 Å². The quantitative estimate of drug-likeness (QED) is 0.612. The maximum absolute atomic E-state index is 11.9. The molecule has 1 aromatic heterocycles. The van der Waals surface area contributed by atoms with Crippen LogP contribution in [0.1, 0.15) is 42.2 Å². The lowest BCUT2D eigenvalue weighted by molar-refractivity contribution is -0.165. The molecule has 1 aliphatic heterocycles. The minimum absolute atomic E-state index is 0.115. The van der Waals surface area contributed by atoms with Gasteiger partial charge in [0.2, 0.25) is 0 Å². The third-order valence-electron chi connectivity index (χ3n) is 4.25. The van der Waals surface area contributed by atoms with Crippen molar-refractivity contribution < 1.29 is 23.7 Å². The molecule has 2 heterocycles. The van der Waals surface area contributed by atoms with Crippen molar-refractivity contribution in [2.45, 2.75) is 39.4 Å². The van der Waals surface area contributed by atoms with Crippen molar-refractivity contribution in [1.82, 2.24) is 4.98 Å². The molecule has 3 rings (SSSR count). The first-order chi connectivity index (χ1) is 12.2.